The lowest BCUT2D eigenvalue weighted by Gasteiger charge is -2.29. The fraction of sp³-hybridized carbons (Fsp3) is 0. The van der Waals surface area contributed by atoms with E-state index in [9.17, 15) is 17.8 Å². The highest BCUT2D eigenvalue weighted by atomic mass is 15.2. The van der Waals surface area contributed by atoms with Gasteiger partial charge in [0.1, 0.15) is 0 Å². The van der Waals surface area contributed by atoms with Crippen molar-refractivity contribution < 1.29 is 28.8 Å². The first-order chi connectivity index (χ1) is 70.3. The van der Waals surface area contributed by atoms with Crippen LogP contribution in [-0.4, -0.2) is 9.13 Å². The molecule has 0 amide bonds. The zero-order valence-corrected chi connectivity index (χ0v) is 66.7. The van der Waals surface area contributed by atoms with Gasteiger partial charge in [-0.25, -0.2) is 0 Å². The Morgan fingerprint density at radius 1 is 0.169 bits per heavy atom. The molecule has 22 aromatic rings. The predicted octanol–water partition coefficient (Wildman–Crippen LogP) is 33.2. The molecule has 584 valence electrons. The number of hydrogen-bond donors (Lipinski definition) is 0. The normalized spacial score (nSPS) is 13.6. The Kier molecular flexibility index (Phi) is 15.1. The van der Waals surface area contributed by atoms with Crippen LogP contribution in [0.4, 0.5) is 34.1 Å². The van der Waals surface area contributed by atoms with Crippen molar-refractivity contribution in [1.82, 2.24) is 9.13 Å². The summed E-state index contributed by atoms with van der Waals surface area (Å²) in [6.07, 6.45) is 0. The first kappa shape index (κ1) is 55.4. The van der Waals surface area contributed by atoms with Gasteiger partial charge in [-0.3, -0.25) is 0 Å². The maximum atomic E-state index is 9.94. The zero-order chi connectivity index (χ0) is 101. The van der Waals surface area contributed by atoms with Crippen molar-refractivity contribution in [1.29, 1.82) is 0 Å². The van der Waals surface area contributed by atoms with E-state index in [0.29, 0.717) is 22.4 Å². The summed E-state index contributed by atoms with van der Waals surface area (Å²) in [5.74, 6) is 0. The summed E-state index contributed by atoms with van der Waals surface area (Å²) < 4.78 is 200. The molecule has 0 atom stereocenters. The van der Waals surface area contributed by atoms with E-state index in [2.05, 4.69) is 112 Å². The second kappa shape index (κ2) is 33.8. The highest BCUT2D eigenvalue weighted by Crippen LogP contribution is 2.48. The van der Waals surface area contributed by atoms with Crippen molar-refractivity contribution in [2.24, 2.45) is 0 Å². The quantitative estimate of drug-likeness (QED) is 0.0851. The van der Waals surface area contributed by atoms with Gasteiger partial charge in [0.2, 0.25) is 0 Å². The molecule has 0 spiro atoms. The van der Waals surface area contributed by atoms with Gasteiger partial charge < -0.3 is 18.9 Å². The fourth-order valence-electron chi connectivity index (χ4n) is 16.5. The van der Waals surface area contributed by atoms with Crippen LogP contribution in [0.5, 0.6) is 0 Å². The third kappa shape index (κ3) is 15.0. The van der Waals surface area contributed by atoms with Crippen LogP contribution in [0.25, 0.3) is 166 Å². The number of rotatable bonds is 18. The standard InChI is InChI=1S/2C60H42N2/c2*1-5-16-43(17-6-1)46-28-34-52(35-29-46)61(59-38-32-50(45-20-9-3-10-21-45)41-56(59)48-22-11-4-12-23-48)53-36-30-47(31-37-53)51-33-39-60-57(42-51)55-26-13-14-27-58(55)62(60)54-25-15-24-49(40-54)44-18-7-2-8-19-44/h2*1-42H/i3D,4D,9D,10D,11D,12D,20D,21D,22D,23D,30D,31D,32D,36D,37D,38D,41D;30D,31D,36D,37D. The van der Waals surface area contributed by atoms with E-state index in [1.165, 1.54) is 0 Å². The first-order valence-electron chi connectivity index (χ1n) is 51.3. The average Bonchev–Trinajstić information content (AvgIpc) is 1.34. The SMILES string of the molecule is [2H]c1c([2H])c(N(c2ccc(-c3ccccc3)cc2)c2ccc(-c3ccccc3)cc2-c2ccccc2)c([2H])c([2H])c1-c1ccc2c(c1)c1ccccc1n2-c1cccc(-c2ccccc2)c1.[2H]c1c([2H])c([2H])c(-c2c([2H])c([2H])c(N(c3ccc(-c4ccccc4)cc3)c3c([2H])c([2H])c(-c4ccc5c(c4)c4ccccc4n5-c4cccc(-c5ccccc5)c4)c([2H])c3[2H])c(-c3c([2H])c([2H])c([2H])c([2H])c3[2H])c2[2H])c([2H])c1[2H]. The molecule has 2 aromatic heterocycles. The summed E-state index contributed by atoms with van der Waals surface area (Å²) in [5.41, 5.74) is 16.4. The monoisotopic (exact) mass is 1600 g/mol. The van der Waals surface area contributed by atoms with Gasteiger partial charge in [0.15, 0.2) is 0 Å². The summed E-state index contributed by atoms with van der Waals surface area (Å²) >= 11 is 0. The summed E-state index contributed by atoms with van der Waals surface area (Å²) in [6, 6.07) is 111. The maximum Gasteiger partial charge on any atom is 0.0645 e. The molecule has 0 radical (unpaired) electrons. The van der Waals surface area contributed by atoms with E-state index in [1.54, 1.807) is 30.3 Å². The van der Waals surface area contributed by atoms with Crippen LogP contribution >= 0.6 is 0 Å². The molecule has 0 unspecified atom stereocenters. The lowest BCUT2D eigenvalue weighted by molar-refractivity contribution is 1.18. The van der Waals surface area contributed by atoms with E-state index in [4.69, 9.17) is 11.0 Å². The third-order valence-corrected chi connectivity index (χ3v) is 22.4. The molecule has 0 aliphatic carbocycles. The summed E-state index contributed by atoms with van der Waals surface area (Å²) in [4.78, 5) is 3.00. The van der Waals surface area contributed by atoms with E-state index in [-0.39, 0.29) is 46.7 Å². The van der Waals surface area contributed by atoms with Crippen LogP contribution in [0.1, 0.15) is 28.8 Å². The molecule has 0 N–H and O–H groups in total. The maximum absolute atomic E-state index is 9.94. The molecule has 20 aromatic carbocycles. The molecule has 22 rings (SSSR count). The molecule has 0 saturated heterocycles. The molecular formula is C120H84N4. The minimum Gasteiger partial charge on any atom is -0.310 e. The van der Waals surface area contributed by atoms with Crippen LogP contribution in [-0.2, 0) is 0 Å². The first-order valence-corrected chi connectivity index (χ1v) is 40.8. The molecule has 2 heterocycles. The predicted molar refractivity (Wildman–Crippen MR) is 525 cm³/mol. The number of hydrogen-bond acceptors (Lipinski definition) is 2. The molecule has 0 fully saturated rings. The lowest BCUT2D eigenvalue weighted by Crippen LogP contribution is -2.11. The summed E-state index contributed by atoms with van der Waals surface area (Å²) in [5, 5.41) is 3.60. The second-order valence-electron chi connectivity index (χ2n) is 29.9. The average molecular weight is 1600 g/mol. The van der Waals surface area contributed by atoms with Crippen molar-refractivity contribution >= 4 is 77.7 Å². The molecule has 0 saturated carbocycles. The van der Waals surface area contributed by atoms with Crippen molar-refractivity contribution in [2.75, 3.05) is 9.80 Å². The van der Waals surface area contributed by atoms with Gasteiger partial charge in [-0.05, 0) is 233 Å². The molecule has 0 aliphatic heterocycles. The van der Waals surface area contributed by atoms with Crippen molar-refractivity contribution in [2.45, 2.75) is 0 Å². The molecular weight excluding hydrogens is 1500 g/mol. The Balaban J connectivity index is 0.000000173. The van der Waals surface area contributed by atoms with Gasteiger partial charge in [0.25, 0.3) is 0 Å². The molecule has 0 aliphatic rings. The highest BCUT2D eigenvalue weighted by molar-refractivity contribution is 6.12. The summed E-state index contributed by atoms with van der Waals surface area (Å²) in [6.45, 7) is 0. The van der Waals surface area contributed by atoms with Crippen LogP contribution < -0.4 is 9.80 Å². The third-order valence-electron chi connectivity index (χ3n) is 22.4. The second-order valence-corrected chi connectivity index (χ2v) is 29.9. The van der Waals surface area contributed by atoms with Crippen molar-refractivity contribution in [3.05, 3.63) is 509 Å². The zero-order valence-electron chi connectivity index (χ0n) is 87.7. The summed E-state index contributed by atoms with van der Waals surface area (Å²) in [7, 11) is 0. The molecule has 4 heteroatoms. The smallest absolute Gasteiger partial charge is 0.0645 e. The lowest BCUT2D eigenvalue weighted by atomic mass is 9.96. The Bertz CT molecular complexity index is 8800. The highest BCUT2D eigenvalue weighted by Gasteiger charge is 2.24. The Morgan fingerprint density at radius 3 is 0.919 bits per heavy atom. The van der Waals surface area contributed by atoms with Gasteiger partial charge in [0.05, 0.1) is 62.2 Å². The fourth-order valence-corrected chi connectivity index (χ4v) is 16.5. The van der Waals surface area contributed by atoms with Crippen LogP contribution in [0.2, 0.25) is 0 Å². The molecule has 0 bridgehead atoms. The van der Waals surface area contributed by atoms with Gasteiger partial charge in [-0.15, -0.1) is 0 Å². The topological polar surface area (TPSA) is 16.3 Å². The van der Waals surface area contributed by atoms with Gasteiger partial charge in [-0.1, -0.05) is 376 Å². The van der Waals surface area contributed by atoms with Crippen LogP contribution in [0.15, 0.2) is 509 Å². The van der Waals surface area contributed by atoms with E-state index >= 15 is 0 Å². The minimum absolute atomic E-state index is 0.0373. The van der Waals surface area contributed by atoms with E-state index < -0.39 is 136 Å². The number of nitrogens with zero attached hydrogens (tertiary/aromatic N) is 4. The van der Waals surface area contributed by atoms with Crippen molar-refractivity contribution in [3.63, 3.8) is 0 Å². The van der Waals surface area contributed by atoms with E-state index in [0.717, 1.165) is 127 Å². The number of fused-ring (bicyclic) bond motifs is 6. The number of aromatic nitrogens is 2. The minimum atomic E-state index is -0.884. The van der Waals surface area contributed by atoms with Crippen LogP contribution in [0, 0.1) is 0 Å². The number of benzene rings is 20. The molecule has 124 heavy (non-hydrogen) atoms. The Labute approximate surface area is 753 Å². The number of anilines is 6. The van der Waals surface area contributed by atoms with Crippen LogP contribution in [0.3, 0.4) is 0 Å². The van der Waals surface area contributed by atoms with Gasteiger partial charge >= 0.3 is 0 Å². The number of para-hydroxylation sites is 2. The Hall–Kier alpha value is -16.4. The Morgan fingerprint density at radius 2 is 0.484 bits per heavy atom. The van der Waals surface area contributed by atoms with Gasteiger partial charge in [0, 0.05) is 66.8 Å². The largest absolute Gasteiger partial charge is 0.310 e. The van der Waals surface area contributed by atoms with Crippen molar-refractivity contribution in [3.8, 4) is 123 Å². The molecule has 4 nitrogen and oxygen atoms in total. The van der Waals surface area contributed by atoms with Gasteiger partial charge in [-0.2, -0.15) is 0 Å². The van der Waals surface area contributed by atoms with E-state index in [1.807, 2.05) is 254 Å².